The second kappa shape index (κ2) is 5.82. The molecule has 1 saturated heterocycles. The summed E-state index contributed by atoms with van der Waals surface area (Å²) >= 11 is 3.14. The maximum Gasteiger partial charge on any atom is 0.321 e. The number of aliphatic carboxylic acids is 1. The van der Waals surface area contributed by atoms with Gasteiger partial charge in [0, 0.05) is 6.61 Å². The van der Waals surface area contributed by atoms with Gasteiger partial charge in [0.1, 0.15) is 10.6 Å². The molecule has 5 heteroatoms. The highest BCUT2D eigenvalue weighted by Crippen LogP contribution is 2.44. The normalized spacial score (nSPS) is 23.3. The average molecular weight is 345 g/mol. The van der Waals surface area contributed by atoms with Crippen LogP contribution in [0.5, 0.6) is 0 Å². The van der Waals surface area contributed by atoms with Crippen LogP contribution in [0.25, 0.3) is 0 Å². The number of carboxylic acids is 1. The molecule has 1 N–H and O–H groups in total. The van der Waals surface area contributed by atoms with Gasteiger partial charge in [0.05, 0.1) is 6.61 Å². The number of benzene rings is 1. The van der Waals surface area contributed by atoms with Gasteiger partial charge >= 0.3 is 5.97 Å². The van der Waals surface area contributed by atoms with E-state index in [0.717, 1.165) is 12.0 Å². The number of carbonyl (C=O) groups is 1. The zero-order valence-corrected chi connectivity index (χ0v) is 13.1. The van der Waals surface area contributed by atoms with E-state index in [1.165, 1.54) is 12.1 Å². The number of hydrogen-bond acceptors (Lipinski definition) is 2. The van der Waals surface area contributed by atoms with Crippen LogP contribution in [-0.4, -0.2) is 24.3 Å². The number of carboxylic acid groups (broad SMARTS) is 1. The molecule has 1 heterocycles. The maximum atomic E-state index is 13.5. The third-order valence-corrected chi connectivity index (χ3v) is 4.77. The largest absolute Gasteiger partial charge is 0.480 e. The van der Waals surface area contributed by atoms with Crippen molar-refractivity contribution in [1.29, 1.82) is 0 Å². The molecule has 3 nitrogen and oxygen atoms in total. The highest BCUT2D eigenvalue weighted by atomic mass is 79.9. The van der Waals surface area contributed by atoms with E-state index in [-0.39, 0.29) is 11.3 Å². The Morgan fingerprint density at radius 3 is 2.85 bits per heavy atom. The molecule has 0 aliphatic carbocycles. The molecule has 0 aromatic heterocycles. The van der Waals surface area contributed by atoms with Crippen molar-refractivity contribution in [3.63, 3.8) is 0 Å². The highest BCUT2D eigenvalue weighted by Gasteiger charge is 2.36. The molecule has 0 saturated carbocycles. The van der Waals surface area contributed by atoms with Crippen LogP contribution in [0.3, 0.4) is 0 Å². The van der Waals surface area contributed by atoms with E-state index in [1.807, 2.05) is 0 Å². The van der Waals surface area contributed by atoms with Crippen molar-refractivity contribution in [2.24, 2.45) is 5.41 Å². The van der Waals surface area contributed by atoms with Gasteiger partial charge in [0.15, 0.2) is 0 Å². The second-order valence-corrected chi connectivity index (χ2v) is 6.77. The van der Waals surface area contributed by atoms with Crippen molar-refractivity contribution >= 4 is 21.9 Å². The van der Waals surface area contributed by atoms with Gasteiger partial charge in [-0.3, -0.25) is 4.79 Å². The van der Waals surface area contributed by atoms with Gasteiger partial charge in [-0.1, -0.05) is 35.8 Å². The summed E-state index contributed by atoms with van der Waals surface area (Å²) in [6.07, 6.45) is 0.810. The predicted octanol–water partition coefficient (Wildman–Crippen LogP) is 3.88. The maximum absolute atomic E-state index is 13.5. The molecule has 0 amide bonds. The van der Waals surface area contributed by atoms with Crippen molar-refractivity contribution in [3.8, 4) is 0 Å². The first-order valence-electron chi connectivity index (χ1n) is 6.57. The first kappa shape index (κ1) is 15.4. The number of rotatable bonds is 3. The topological polar surface area (TPSA) is 46.5 Å². The van der Waals surface area contributed by atoms with Gasteiger partial charge < -0.3 is 9.84 Å². The zero-order valence-electron chi connectivity index (χ0n) is 11.5. The quantitative estimate of drug-likeness (QED) is 0.846. The van der Waals surface area contributed by atoms with Crippen LogP contribution >= 0.6 is 15.9 Å². The molecule has 1 aliphatic heterocycles. The van der Waals surface area contributed by atoms with E-state index >= 15 is 0 Å². The summed E-state index contributed by atoms with van der Waals surface area (Å²) in [5.41, 5.74) is 1.29. The molecule has 110 valence electrons. The monoisotopic (exact) mass is 344 g/mol. The lowest BCUT2D eigenvalue weighted by Crippen LogP contribution is -2.34. The van der Waals surface area contributed by atoms with Crippen LogP contribution in [0.2, 0.25) is 0 Å². The summed E-state index contributed by atoms with van der Waals surface area (Å²) < 4.78 is 19.0. The fourth-order valence-corrected chi connectivity index (χ4v) is 3.22. The Morgan fingerprint density at radius 2 is 2.25 bits per heavy atom. The van der Waals surface area contributed by atoms with Gasteiger partial charge in [-0.15, -0.1) is 0 Å². The van der Waals surface area contributed by atoms with Crippen molar-refractivity contribution in [3.05, 3.63) is 35.1 Å². The lowest BCUT2D eigenvalue weighted by atomic mass is 9.71. The molecule has 2 rings (SSSR count). The molecule has 20 heavy (non-hydrogen) atoms. The molecular weight excluding hydrogens is 327 g/mol. The van der Waals surface area contributed by atoms with Gasteiger partial charge in [-0.25, -0.2) is 4.39 Å². The molecule has 2 atom stereocenters. The van der Waals surface area contributed by atoms with Gasteiger partial charge in [-0.2, -0.15) is 0 Å². The summed E-state index contributed by atoms with van der Waals surface area (Å²) in [6, 6.07) is 4.42. The van der Waals surface area contributed by atoms with E-state index < -0.39 is 16.6 Å². The number of ether oxygens (including phenoxy) is 1. The summed E-state index contributed by atoms with van der Waals surface area (Å²) in [5, 5.41) is 9.19. The van der Waals surface area contributed by atoms with Gasteiger partial charge in [-0.05, 0) is 41.0 Å². The molecule has 1 aromatic carbocycles. The molecule has 2 unspecified atom stereocenters. The predicted molar refractivity (Wildman–Crippen MR) is 77.7 cm³/mol. The Bertz CT molecular complexity index is 516. The van der Waals surface area contributed by atoms with E-state index in [0.29, 0.717) is 18.8 Å². The Balaban J connectivity index is 2.47. The van der Waals surface area contributed by atoms with Gasteiger partial charge in [0.25, 0.3) is 0 Å². The molecule has 1 aromatic rings. The SMILES string of the molecule is CC1(C)COCCC1c1ccc(F)cc1C(Br)C(=O)O. The minimum Gasteiger partial charge on any atom is -0.480 e. The van der Waals surface area contributed by atoms with Crippen molar-refractivity contribution < 1.29 is 19.0 Å². The third kappa shape index (κ3) is 3.04. The number of hydrogen-bond donors (Lipinski definition) is 1. The lowest BCUT2D eigenvalue weighted by Gasteiger charge is -2.39. The smallest absolute Gasteiger partial charge is 0.321 e. The fraction of sp³-hybridized carbons (Fsp3) is 0.533. The van der Waals surface area contributed by atoms with Crippen LogP contribution in [0, 0.1) is 11.2 Å². The van der Waals surface area contributed by atoms with Crippen molar-refractivity contribution in [2.45, 2.75) is 31.0 Å². The first-order chi connectivity index (χ1) is 9.33. The van der Waals surface area contributed by atoms with Crippen LogP contribution in [0.4, 0.5) is 4.39 Å². The third-order valence-electron chi connectivity index (χ3n) is 3.88. The number of halogens is 2. The summed E-state index contributed by atoms with van der Waals surface area (Å²) in [5.74, 6) is -1.27. The standard InChI is InChI=1S/C15H18BrFO3/c1-15(2)8-20-6-5-12(15)10-4-3-9(17)7-11(10)13(16)14(18)19/h3-4,7,12-13H,5-6,8H2,1-2H3,(H,18,19). The fourth-order valence-electron chi connectivity index (χ4n) is 2.82. The lowest BCUT2D eigenvalue weighted by molar-refractivity contribution is -0.136. The molecule has 1 aliphatic rings. The molecular formula is C15H18BrFO3. The minimum absolute atomic E-state index is 0.101. The molecule has 1 fully saturated rings. The summed E-state index contributed by atoms with van der Waals surface area (Å²) in [4.78, 5) is 10.3. The average Bonchev–Trinajstić information content (AvgIpc) is 2.38. The molecule has 0 spiro atoms. The molecule has 0 bridgehead atoms. The second-order valence-electron chi connectivity index (χ2n) is 5.86. The van der Waals surface area contributed by atoms with Crippen molar-refractivity contribution in [2.75, 3.05) is 13.2 Å². The first-order valence-corrected chi connectivity index (χ1v) is 7.48. The Hall–Kier alpha value is -0.940. The van der Waals surface area contributed by atoms with Gasteiger partial charge in [0.2, 0.25) is 0 Å². The van der Waals surface area contributed by atoms with Crippen molar-refractivity contribution in [1.82, 2.24) is 0 Å². The Labute approximate surface area is 126 Å². The Morgan fingerprint density at radius 1 is 1.55 bits per heavy atom. The van der Waals surface area contributed by atoms with E-state index in [4.69, 9.17) is 4.74 Å². The van der Waals surface area contributed by atoms with E-state index in [1.54, 1.807) is 6.07 Å². The van der Waals surface area contributed by atoms with Crippen LogP contribution in [0.1, 0.15) is 42.1 Å². The van der Waals surface area contributed by atoms with E-state index in [2.05, 4.69) is 29.8 Å². The zero-order chi connectivity index (χ0) is 14.9. The van der Waals surface area contributed by atoms with Crippen LogP contribution < -0.4 is 0 Å². The highest BCUT2D eigenvalue weighted by molar-refractivity contribution is 9.09. The Kier molecular flexibility index (Phi) is 4.49. The van der Waals surface area contributed by atoms with Crippen LogP contribution in [0.15, 0.2) is 18.2 Å². The summed E-state index contributed by atoms with van der Waals surface area (Å²) in [6.45, 7) is 5.45. The van der Waals surface area contributed by atoms with E-state index in [9.17, 15) is 14.3 Å². The molecule has 0 radical (unpaired) electrons. The van der Waals surface area contributed by atoms with Crippen LogP contribution in [-0.2, 0) is 9.53 Å². The minimum atomic E-state index is -1.01. The summed E-state index contributed by atoms with van der Waals surface area (Å²) in [7, 11) is 0. The number of alkyl halides is 1.